The number of hydrogen-bond acceptors (Lipinski definition) is 0. The van der Waals surface area contributed by atoms with Crippen LogP contribution in [0.15, 0.2) is 24.3 Å². The summed E-state index contributed by atoms with van der Waals surface area (Å²) >= 11 is 0.635. The van der Waals surface area contributed by atoms with E-state index in [1.54, 1.807) is 0 Å². The molecular weight excluding hydrogens is 211 g/mol. The summed E-state index contributed by atoms with van der Waals surface area (Å²) in [4.78, 5) is 0. The van der Waals surface area contributed by atoms with Gasteiger partial charge in [0.2, 0.25) is 0 Å². The molecule has 0 saturated heterocycles. The predicted octanol–water partition coefficient (Wildman–Crippen LogP) is 2.36. The molecule has 0 atom stereocenters. The summed E-state index contributed by atoms with van der Waals surface area (Å²) in [5, 5.41) is 0. The molecule has 0 N–H and O–H groups in total. The van der Waals surface area contributed by atoms with Crippen LogP contribution in [-0.2, 0) is 5.41 Å². The predicted molar refractivity (Wildman–Crippen MR) is 56.4 cm³/mol. The van der Waals surface area contributed by atoms with Crippen LogP contribution in [0.3, 0.4) is 0 Å². The fourth-order valence-electron chi connectivity index (χ4n) is 1.09. The van der Waals surface area contributed by atoms with E-state index >= 15 is 0 Å². The average molecular weight is 227 g/mol. The second-order valence-corrected chi connectivity index (χ2v) is 5.82. The van der Waals surface area contributed by atoms with Gasteiger partial charge in [-0.1, -0.05) is 0 Å². The van der Waals surface area contributed by atoms with Crippen LogP contribution in [0.25, 0.3) is 0 Å². The summed E-state index contributed by atoms with van der Waals surface area (Å²) in [5.74, 6) is 2.25. The molecule has 0 bridgehead atoms. The number of hydrogen-bond donors (Lipinski definition) is 0. The first-order valence-corrected chi connectivity index (χ1v) is 6.75. The Morgan fingerprint density at radius 1 is 1.00 bits per heavy atom. The van der Waals surface area contributed by atoms with Gasteiger partial charge in [0, 0.05) is 0 Å². The Hall–Kier alpha value is -0.261. The Bertz CT molecular complexity index is 241. The molecule has 0 amide bonds. The Balaban J connectivity index is 2.93. The second kappa shape index (κ2) is 3.64. The summed E-state index contributed by atoms with van der Waals surface area (Å²) in [6.45, 7) is 6.75. The molecule has 1 aromatic carbocycles. The van der Waals surface area contributed by atoms with Gasteiger partial charge < -0.3 is 0 Å². The Morgan fingerprint density at radius 2 is 1.50 bits per heavy atom. The van der Waals surface area contributed by atoms with E-state index in [0.717, 1.165) is 0 Å². The van der Waals surface area contributed by atoms with Gasteiger partial charge in [0.05, 0.1) is 0 Å². The van der Waals surface area contributed by atoms with Crippen LogP contribution in [0.2, 0.25) is 5.82 Å². The number of rotatable bonds is 1. The molecule has 0 aliphatic rings. The Labute approximate surface area is 81.5 Å². The summed E-state index contributed by atoms with van der Waals surface area (Å²) in [7, 11) is 0. The molecule has 1 heteroatoms. The topological polar surface area (TPSA) is 0 Å². The van der Waals surface area contributed by atoms with E-state index < -0.39 is 0 Å². The summed E-state index contributed by atoms with van der Waals surface area (Å²) in [6.07, 6.45) is 0. The first-order chi connectivity index (χ1) is 5.54. The molecule has 1 rings (SSSR count). The van der Waals surface area contributed by atoms with Gasteiger partial charge >= 0.3 is 81.3 Å². The van der Waals surface area contributed by atoms with Gasteiger partial charge in [-0.2, -0.15) is 0 Å². The molecule has 0 fully saturated rings. The average Bonchev–Trinajstić information content (AvgIpc) is 2.03. The van der Waals surface area contributed by atoms with Gasteiger partial charge in [-0.25, -0.2) is 0 Å². The van der Waals surface area contributed by atoms with Crippen LogP contribution < -0.4 is 4.46 Å². The first-order valence-electron chi connectivity index (χ1n) is 4.18. The van der Waals surface area contributed by atoms with Crippen LogP contribution in [0.4, 0.5) is 0 Å². The molecule has 0 aliphatic carbocycles. The summed E-state index contributed by atoms with van der Waals surface area (Å²) in [5.41, 5.74) is 1.72. The van der Waals surface area contributed by atoms with Crippen molar-refractivity contribution >= 4 is 19.4 Å². The first kappa shape index (κ1) is 9.82. The van der Waals surface area contributed by atoms with Gasteiger partial charge in [0.1, 0.15) is 0 Å². The molecule has 0 radical (unpaired) electrons. The van der Waals surface area contributed by atoms with E-state index in [1.807, 2.05) is 0 Å². The molecule has 0 aliphatic heterocycles. The van der Waals surface area contributed by atoms with Gasteiger partial charge in [-0.15, -0.1) is 0 Å². The SMILES string of the molecule is C[Se]c1ccc(C(C)(C)C)cc1. The van der Waals surface area contributed by atoms with E-state index in [0.29, 0.717) is 20.4 Å². The Kier molecular flexibility index (Phi) is 2.98. The standard InChI is InChI=1S/C11H16Se/c1-11(2,3)9-5-7-10(12-4)8-6-9/h5-8H,1-4H3. The normalized spacial score (nSPS) is 11.7. The van der Waals surface area contributed by atoms with Gasteiger partial charge in [0.25, 0.3) is 0 Å². The zero-order valence-electron chi connectivity index (χ0n) is 8.22. The minimum atomic E-state index is 0.291. The zero-order chi connectivity index (χ0) is 9.19. The van der Waals surface area contributed by atoms with Gasteiger partial charge in [-0.05, 0) is 0 Å². The van der Waals surface area contributed by atoms with E-state index in [9.17, 15) is 0 Å². The van der Waals surface area contributed by atoms with Crippen LogP contribution >= 0.6 is 0 Å². The molecule has 0 spiro atoms. The fourth-order valence-corrected chi connectivity index (χ4v) is 1.95. The van der Waals surface area contributed by atoms with Crippen molar-refractivity contribution in [3.05, 3.63) is 29.8 Å². The zero-order valence-corrected chi connectivity index (χ0v) is 9.93. The van der Waals surface area contributed by atoms with Crippen LogP contribution in [0.1, 0.15) is 26.3 Å². The molecule has 0 saturated carbocycles. The second-order valence-electron chi connectivity index (χ2n) is 3.98. The van der Waals surface area contributed by atoms with Crippen molar-refractivity contribution in [2.45, 2.75) is 32.0 Å². The van der Waals surface area contributed by atoms with Gasteiger partial charge in [-0.3, -0.25) is 0 Å². The maximum absolute atomic E-state index is 2.25. The van der Waals surface area contributed by atoms with Crippen molar-refractivity contribution < 1.29 is 0 Å². The van der Waals surface area contributed by atoms with Crippen molar-refractivity contribution in [1.82, 2.24) is 0 Å². The van der Waals surface area contributed by atoms with Crippen LogP contribution in [-0.4, -0.2) is 15.0 Å². The third kappa shape index (κ3) is 2.36. The van der Waals surface area contributed by atoms with Crippen LogP contribution in [0.5, 0.6) is 0 Å². The quantitative estimate of drug-likeness (QED) is 0.646. The fraction of sp³-hybridized carbons (Fsp3) is 0.455. The van der Waals surface area contributed by atoms with E-state index in [1.165, 1.54) is 10.0 Å². The van der Waals surface area contributed by atoms with E-state index in [4.69, 9.17) is 0 Å². The van der Waals surface area contributed by atoms with E-state index in [-0.39, 0.29) is 0 Å². The summed E-state index contributed by atoms with van der Waals surface area (Å²) in [6, 6.07) is 9.00. The molecule has 1 aromatic rings. The third-order valence-corrected chi connectivity index (χ3v) is 3.52. The van der Waals surface area contributed by atoms with Crippen molar-refractivity contribution in [2.24, 2.45) is 0 Å². The Morgan fingerprint density at radius 3 is 1.83 bits per heavy atom. The molecule has 0 nitrogen and oxygen atoms in total. The maximum atomic E-state index is 2.25. The summed E-state index contributed by atoms with van der Waals surface area (Å²) < 4.78 is 1.48. The molecular formula is C11H16Se. The van der Waals surface area contributed by atoms with Crippen LogP contribution in [0, 0.1) is 0 Å². The van der Waals surface area contributed by atoms with Crippen molar-refractivity contribution in [1.29, 1.82) is 0 Å². The molecule has 0 unspecified atom stereocenters. The molecule has 0 heterocycles. The molecule has 0 aromatic heterocycles. The van der Waals surface area contributed by atoms with Gasteiger partial charge in [0.15, 0.2) is 0 Å². The molecule has 66 valence electrons. The monoisotopic (exact) mass is 228 g/mol. The third-order valence-electron chi connectivity index (χ3n) is 1.96. The number of benzene rings is 1. The molecule has 12 heavy (non-hydrogen) atoms. The minimum absolute atomic E-state index is 0.291. The van der Waals surface area contributed by atoms with Crippen molar-refractivity contribution in [3.63, 3.8) is 0 Å². The van der Waals surface area contributed by atoms with E-state index in [2.05, 4.69) is 50.9 Å². The van der Waals surface area contributed by atoms with Crippen molar-refractivity contribution in [2.75, 3.05) is 0 Å². The van der Waals surface area contributed by atoms with Crippen molar-refractivity contribution in [3.8, 4) is 0 Å².